The van der Waals surface area contributed by atoms with E-state index in [1.165, 1.54) is 0 Å². The zero-order valence-electron chi connectivity index (χ0n) is 28.9. The SMILES string of the molecule is COc1ccc(CO[C@@H]2O[C@H](CO[Si](C(C)C)(C(C)C)C(C)C)[C@@H](C)[C@H](OC(=O)c3ccccc3)[C@H]2OC(=O)c2ccccc2)cc1. The average Bonchev–Trinajstić information content (AvgIpc) is 3.07. The third-order valence-electron chi connectivity index (χ3n) is 9.29. The molecule has 0 aliphatic carbocycles. The van der Waals surface area contributed by atoms with Crippen LogP contribution in [0, 0.1) is 5.92 Å². The van der Waals surface area contributed by atoms with Gasteiger partial charge in [0.25, 0.3) is 0 Å². The maximum absolute atomic E-state index is 13.5. The standard InChI is InChI=1S/C38H50O8Si/c1-25(2)47(26(3)4,27(5)6)43-24-33-28(7)34(45-36(39)30-15-11-9-12-16-30)35(46-37(40)31-17-13-10-14-18-31)38(44-33)42-23-29-19-21-32(41-8)22-20-29/h9-22,25-28,33-35,38H,23-24H2,1-8H3/t28-,33-,34+,35-,38-/m1/s1. The molecule has 3 aromatic rings. The molecule has 3 aromatic carbocycles. The van der Waals surface area contributed by atoms with Crippen LogP contribution in [0.3, 0.4) is 0 Å². The van der Waals surface area contributed by atoms with Crippen LogP contribution in [0.25, 0.3) is 0 Å². The fourth-order valence-electron chi connectivity index (χ4n) is 6.82. The van der Waals surface area contributed by atoms with E-state index in [4.69, 9.17) is 28.1 Å². The van der Waals surface area contributed by atoms with E-state index in [1.54, 1.807) is 55.6 Å². The Balaban J connectivity index is 1.69. The lowest BCUT2D eigenvalue weighted by atomic mass is 9.90. The Labute approximate surface area is 280 Å². The molecule has 8 nitrogen and oxygen atoms in total. The second kappa shape index (κ2) is 16.5. The zero-order chi connectivity index (χ0) is 34.1. The van der Waals surface area contributed by atoms with Crippen LogP contribution in [0.1, 0.15) is 74.7 Å². The van der Waals surface area contributed by atoms with Crippen molar-refractivity contribution >= 4 is 20.3 Å². The lowest BCUT2D eigenvalue weighted by molar-refractivity contribution is -0.289. The molecule has 9 heteroatoms. The van der Waals surface area contributed by atoms with Gasteiger partial charge in [0.1, 0.15) is 11.9 Å². The van der Waals surface area contributed by atoms with E-state index in [-0.39, 0.29) is 6.61 Å². The fraction of sp³-hybridized carbons (Fsp3) is 0.474. The van der Waals surface area contributed by atoms with E-state index >= 15 is 0 Å². The molecule has 5 atom stereocenters. The minimum absolute atomic E-state index is 0.165. The second-order valence-corrected chi connectivity index (χ2v) is 18.6. The summed E-state index contributed by atoms with van der Waals surface area (Å²) in [6.07, 6.45) is -3.48. The van der Waals surface area contributed by atoms with Crippen molar-refractivity contribution in [3.63, 3.8) is 0 Å². The molecule has 0 amide bonds. The highest BCUT2D eigenvalue weighted by atomic mass is 28.4. The first kappa shape index (κ1) is 36.3. The van der Waals surface area contributed by atoms with Gasteiger partial charge in [-0.15, -0.1) is 0 Å². The van der Waals surface area contributed by atoms with Crippen LogP contribution in [-0.2, 0) is 30.0 Å². The molecule has 254 valence electrons. The maximum atomic E-state index is 13.5. The second-order valence-electron chi connectivity index (χ2n) is 13.2. The van der Waals surface area contributed by atoms with Gasteiger partial charge in [-0.3, -0.25) is 0 Å². The molecule has 0 aromatic heterocycles. The minimum atomic E-state index is -2.26. The number of methoxy groups -OCH3 is 1. The van der Waals surface area contributed by atoms with Gasteiger partial charge in [-0.25, -0.2) is 9.59 Å². The Hall–Kier alpha value is -3.50. The molecule has 1 aliphatic rings. The van der Waals surface area contributed by atoms with Gasteiger partial charge >= 0.3 is 11.9 Å². The first-order valence-corrected chi connectivity index (χ1v) is 18.7. The van der Waals surface area contributed by atoms with Crippen LogP contribution < -0.4 is 4.74 Å². The first-order chi connectivity index (χ1) is 22.5. The maximum Gasteiger partial charge on any atom is 0.338 e. The van der Waals surface area contributed by atoms with Crippen molar-refractivity contribution in [2.24, 2.45) is 5.92 Å². The van der Waals surface area contributed by atoms with Gasteiger partial charge in [-0.05, 0) is 58.6 Å². The van der Waals surface area contributed by atoms with Gasteiger partial charge in [0.05, 0.1) is 37.6 Å². The van der Waals surface area contributed by atoms with E-state index in [1.807, 2.05) is 43.3 Å². The molecular formula is C38H50O8Si. The van der Waals surface area contributed by atoms with Gasteiger partial charge in [-0.1, -0.05) is 97.0 Å². The molecule has 1 aliphatic heterocycles. The Morgan fingerprint density at radius 3 is 1.68 bits per heavy atom. The summed E-state index contributed by atoms with van der Waals surface area (Å²) < 4.78 is 37.7. The predicted octanol–water partition coefficient (Wildman–Crippen LogP) is 8.22. The van der Waals surface area contributed by atoms with Gasteiger partial charge in [0, 0.05) is 5.92 Å². The number of esters is 2. The highest BCUT2D eigenvalue weighted by Gasteiger charge is 2.51. The third-order valence-corrected chi connectivity index (χ3v) is 15.4. The molecule has 0 bridgehead atoms. The summed E-state index contributed by atoms with van der Waals surface area (Å²) in [7, 11) is -0.649. The number of hydrogen-bond donors (Lipinski definition) is 0. The number of ether oxygens (including phenoxy) is 5. The van der Waals surface area contributed by atoms with Gasteiger partial charge in [0.2, 0.25) is 0 Å². The summed E-state index contributed by atoms with van der Waals surface area (Å²) in [5.41, 5.74) is 2.75. The largest absolute Gasteiger partial charge is 0.497 e. The predicted molar refractivity (Wildman–Crippen MR) is 184 cm³/mol. The van der Waals surface area contributed by atoms with Crippen molar-refractivity contribution in [1.82, 2.24) is 0 Å². The summed E-state index contributed by atoms with van der Waals surface area (Å²) in [4.78, 5) is 27.0. The van der Waals surface area contributed by atoms with Crippen LogP contribution >= 0.6 is 0 Å². The van der Waals surface area contributed by atoms with E-state index in [9.17, 15) is 9.59 Å². The minimum Gasteiger partial charge on any atom is -0.497 e. The Kier molecular flexibility index (Phi) is 12.8. The number of rotatable bonds is 14. The number of benzene rings is 3. The Morgan fingerprint density at radius 1 is 0.723 bits per heavy atom. The van der Waals surface area contributed by atoms with Crippen LogP contribution in [0.4, 0.5) is 0 Å². The highest BCUT2D eigenvalue weighted by Crippen LogP contribution is 2.43. The monoisotopic (exact) mass is 662 g/mol. The number of hydrogen-bond acceptors (Lipinski definition) is 8. The van der Waals surface area contributed by atoms with Crippen LogP contribution in [0.5, 0.6) is 5.75 Å². The molecule has 1 heterocycles. The molecule has 0 unspecified atom stereocenters. The summed E-state index contributed by atoms with van der Waals surface area (Å²) in [6, 6.07) is 25.0. The molecule has 0 spiro atoms. The molecule has 1 fully saturated rings. The fourth-order valence-corrected chi connectivity index (χ4v) is 12.3. The summed E-state index contributed by atoms with van der Waals surface area (Å²) >= 11 is 0. The lowest BCUT2D eigenvalue weighted by Gasteiger charge is -2.47. The van der Waals surface area contributed by atoms with Crippen molar-refractivity contribution in [1.29, 1.82) is 0 Å². The normalized spacial score (nSPS) is 21.6. The van der Waals surface area contributed by atoms with Crippen LogP contribution in [0.2, 0.25) is 16.6 Å². The van der Waals surface area contributed by atoms with Crippen molar-refractivity contribution in [2.45, 2.75) is 96.3 Å². The number of carbonyl (C=O) groups is 2. The van der Waals surface area contributed by atoms with Crippen molar-refractivity contribution < 1.29 is 37.7 Å². The molecular weight excluding hydrogens is 612 g/mol. The summed E-state index contributed by atoms with van der Waals surface area (Å²) in [5, 5.41) is 0. The Morgan fingerprint density at radius 2 is 1.21 bits per heavy atom. The van der Waals surface area contributed by atoms with Gasteiger partial charge < -0.3 is 28.1 Å². The summed E-state index contributed by atoms with van der Waals surface area (Å²) in [5.74, 6) is -0.751. The summed E-state index contributed by atoms with van der Waals surface area (Å²) in [6.45, 7) is 15.8. The van der Waals surface area contributed by atoms with E-state index < -0.39 is 50.8 Å². The van der Waals surface area contributed by atoms with Crippen molar-refractivity contribution in [3.05, 3.63) is 102 Å². The van der Waals surface area contributed by atoms with Crippen LogP contribution in [0.15, 0.2) is 84.9 Å². The molecule has 47 heavy (non-hydrogen) atoms. The zero-order valence-corrected chi connectivity index (χ0v) is 29.9. The molecule has 1 saturated heterocycles. The van der Waals surface area contributed by atoms with E-state index in [0.717, 1.165) is 11.3 Å². The quantitative estimate of drug-likeness (QED) is 0.126. The van der Waals surface area contributed by atoms with E-state index in [2.05, 4.69) is 41.5 Å². The van der Waals surface area contributed by atoms with Crippen LogP contribution in [-0.4, -0.2) is 58.6 Å². The smallest absolute Gasteiger partial charge is 0.338 e. The molecule has 0 radical (unpaired) electrons. The molecule has 4 rings (SSSR count). The van der Waals surface area contributed by atoms with Gasteiger partial charge in [-0.2, -0.15) is 0 Å². The number of carbonyl (C=O) groups excluding carboxylic acids is 2. The molecule has 0 saturated carbocycles. The lowest BCUT2D eigenvalue weighted by Crippen LogP contribution is -2.59. The van der Waals surface area contributed by atoms with E-state index in [0.29, 0.717) is 34.4 Å². The Bertz CT molecular complexity index is 1390. The highest BCUT2D eigenvalue weighted by molar-refractivity contribution is 6.77. The van der Waals surface area contributed by atoms with Crippen molar-refractivity contribution in [3.8, 4) is 5.75 Å². The van der Waals surface area contributed by atoms with Crippen molar-refractivity contribution in [2.75, 3.05) is 13.7 Å². The molecule has 0 N–H and O–H groups in total. The average molecular weight is 663 g/mol. The first-order valence-electron chi connectivity index (χ1n) is 16.5. The van der Waals surface area contributed by atoms with Gasteiger partial charge in [0.15, 0.2) is 20.7 Å². The third kappa shape index (κ3) is 8.70. The topological polar surface area (TPSA) is 89.5 Å².